The third kappa shape index (κ3) is 6.32. The van der Waals surface area contributed by atoms with Crippen molar-refractivity contribution in [1.82, 2.24) is 0 Å². The van der Waals surface area contributed by atoms with Crippen molar-refractivity contribution >= 4 is 0 Å². The highest BCUT2D eigenvalue weighted by molar-refractivity contribution is 5.26. The second kappa shape index (κ2) is 8.13. The lowest BCUT2D eigenvalue weighted by atomic mass is 9.98. The number of aliphatic hydroxyl groups excluding tert-OH is 1. The van der Waals surface area contributed by atoms with Crippen molar-refractivity contribution in [3.05, 3.63) is 29.8 Å². The molecule has 0 saturated heterocycles. The van der Waals surface area contributed by atoms with Gasteiger partial charge in [-0.2, -0.15) is 0 Å². The Kier molecular flexibility index (Phi) is 6.71. The van der Waals surface area contributed by atoms with Crippen LogP contribution < -0.4 is 0 Å². The molecule has 2 heteroatoms. The van der Waals surface area contributed by atoms with Gasteiger partial charge in [0.2, 0.25) is 0 Å². The standard InChI is InChI=1S/C9H12O.C6H12O/c1-2-4-8-5-3-6-9(10)7-8;7-6-4-2-1-3-5-6/h3,5-7,10H,2,4H2,1H3;6-7H,1-5H2. The first-order chi connectivity index (χ1) is 8.22. The Balaban J connectivity index is 0.000000181. The number of benzene rings is 1. The topological polar surface area (TPSA) is 40.5 Å². The van der Waals surface area contributed by atoms with Gasteiger partial charge >= 0.3 is 0 Å². The van der Waals surface area contributed by atoms with Crippen molar-refractivity contribution in [2.24, 2.45) is 0 Å². The number of phenolic OH excluding ortho intramolecular Hbond substituents is 1. The summed E-state index contributed by atoms with van der Waals surface area (Å²) in [6.07, 6.45) is 8.10. The van der Waals surface area contributed by atoms with E-state index in [1.165, 1.54) is 24.8 Å². The molecule has 1 aromatic carbocycles. The average molecular weight is 236 g/mol. The molecule has 0 amide bonds. The summed E-state index contributed by atoms with van der Waals surface area (Å²) in [6, 6.07) is 7.41. The molecule has 0 radical (unpaired) electrons. The fourth-order valence-corrected chi connectivity index (χ4v) is 2.08. The lowest BCUT2D eigenvalue weighted by Crippen LogP contribution is -2.09. The van der Waals surface area contributed by atoms with E-state index in [1.807, 2.05) is 18.2 Å². The van der Waals surface area contributed by atoms with E-state index in [1.54, 1.807) is 6.07 Å². The molecule has 0 atom stereocenters. The fraction of sp³-hybridized carbons (Fsp3) is 0.600. The van der Waals surface area contributed by atoms with Crippen LogP contribution in [0.4, 0.5) is 0 Å². The Labute approximate surface area is 104 Å². The minimum atomic E-state index is 0.0359. The third-order valence-corrected chi connectivity index (χ3v) is 3.02. The Bertz CT molecular complexity index is 304. The van der Waals surface area contributed by atoms with E-state index in [2.05, 4.69) is 6.92 Å². The van der Waals surface area contributed by atoms with Gasteiger partial charge in [-0.25, -0.2) is 0 Å². The van der Waals surface area contributed by atoms with Crippen LogP contribution in [0.2, 0.25) is 0 Å². The molecule has 2 nitrogen and oxygen atoms in total. The molecule has 0 bridgehead atoms. The zero-order valence-corrected chi connectivity index (χ0v) is 10.7. The molecule has 1 aliphatic carbocycles. The van der Waals surface area contributed by atoms with Gasteiger partial charge in [-0.1, -0.05) is 44.7 Å². The van der Waals surface area contributed by atoms with Gasteiger partial charge in [-0.3, -0.25) is 0 Å². The zero-order chi connectivity index (χ0) is 12.5. The van der Waals surface area contributed by atoms with Crippen molar-refractivity contribution in [2.45, 2.75) is 58.0 Å². The van der Waals surface area contributed by atoms with Crippen LogP contribution in [0.3, 0.4) is 0 Å². The summed E-state index contributed by atoms with van der Waals surface area (Å²) in [6.45, 7) is 2.13. The molecule has 0 aromatic heterocycles. The smallest absolute Gasteiger partial charge is 0.115 e. The van der Waals surface area contributed by atoms with Gasteiger partial charge < -0.3 is 10.2 Å². The van der Waals surface area contributed by atoms with Crippen molar-refractivity contribution in [3.63, 3.8) is 0 Å². The van der Waals surface area contributed by atoms with Crippen LogP contribution in [0.1, 0.15) is 51.0 Å². The summed E-state index contributed by atoms with van der Waals surface area (Å²) in [5.74, 6) is 0.367. The lowest BCUT2D eigenvalue weighted by molar-refractivity contribution is 0.130. The largest absolute Gasteiger partial charge is 0.508 e. The first kappa shape index (κ1) is 14.0. The predicted molar refractivity (Wildman–Crippen MR) is 71.2 cm³/mol. The van der Waals surface area contributed by atoms with Crippen molar-refractivity contribution in [1.29, 1.82) is 0 Å². The molecular formula is C15H24O2. The van der Waals surface area contributed by atoms with Gasteiger partial charge in [0.25, 0.3) is 0 Å². The van der Waals surface area contributed by atoms with Gasteiger partial charge in [0.05, 0.1) is 6.10 Å². The molecule has 1 saturated carbocycles. The number of hydrogen-bond donors (Lipinski definition) is 2. The lowest BCUT2D eigenvalue weighted by Gasteiger charge is -2.14. The van der Waals surface area contributed by atoms with E-state index in [9.17, 15) is 0 Å². The molecule has 0 heterocycles. The predicted octanol–water partition coefficient (Wildman–Crippen LogP) is 3.66. The number of phenols is 1. The highest BCUT2D eigenvalue weighted by atomic mass is 16.3. The highest BCUT2D eigenvalue weighted by Crippen LogP contribution is 2.16. The Morgan fingerprint density at radius 2 is 1.88 bits per heavy atom. The van der Waals surface area contributed by atoms with Crippen LogP contribution in [0.15, 0.2) is 24.3 Å². The van der Waals surface area contributed by atoms with E-state index in [4.69, 9.17) is 10.2 Å². The molecular weight excluding hydrogens is 212 g/mol. The Morgan fingerprint density at radius 3 is 2.35 bits per heavy atom. The second-order valence-electron chi connectivity index (χ2n) is 4.71. The molecule has 17 heavy (non-hydrogen) atoms. The van der Waals surface area contributed by atoms with Crippen LogP contribution >= 0.6 is 0 Å². The van der Waals surface area contributed by atoms with Crippen LogP contribution in [0, 0.1) is 0 Å². The van der Waals surface area contributed by atoms with Gasteiger partial charge in [0, 0.05) is 0 Å². The molecule has 0 aliphatic heterocycles. The molecule has 0 unspecified atom stereocenters. The number of rotatable bonds is 2. The second-order valence-corrected chi connectivity index (χ2v) is 4.71. The first-order valence-electron chi connectivity index (χ1n) is 6.68. The van der Waals surface area contributed by atoms with Crippen LogP contribution in [-0.2, 0) is 6.42 Å². The summed E-state index contributed by atoms with van der Waals surface area (Å²) >= 11 is 0. The van der Waals surface area contributed by atoms with Crippen LogP contribution in [0.5, 0.6) is 5.75 Å². The number of aromatic hydroxyl groups is 1. The van der Waals surface area contributed by atoms with Gasteiger partial charge in [-0.15, -0.1) is 0 Å². The quantitative estimate of drug-likeness (QED) is 0.822. The zero-order valence-electron chi connectivity index (χ0n) is 10.7. The van der Waals surface area contributed by atoms with Crippen molar-refractivity contribution in [3.8, 4) is 5.75 Å². The highest BCUT2D eigenvalue weighted by Gasteiger charge is 2.07. The molecule has 2 N–H and O–H groups in total. The van der Waals surface area contributed by atoms with Crippen LogP contribution in [0.25, 0.3) is 0 Å². The molecule has 1 fully saturated rings. The van der Waals surface area contributed by atoms with E-state index in [-0.39, 0.29) is 6.10 Å². The summed E-state index contributed by atoms with van der Waals surface area (Å²) < 4.78 is 0. The average Bonchev–Trinajstić information content (AvgIpc) is 2.31. The normalized spacial score (nSPS) is 16.1. The molecule has 1 aliphatic rings. The molecule has 1 aromatic rings. The third-order valence-electron chi connectivity index (χ3n) is 3.02. The van der Waals surface area contributed by atoms with E-state index < -0.39 is 0 Å². The van der Waals surface area contributed by atoms with Gasteiger partial charge in [-0.05, 0) is 37.0 Å². The van der Waals surface area contributed by atoms with Gasteiger partial charge in [0.1, 0.15) is 5.75 Å². The van der Waals surface area contributed by atoms with E-state index in [0.717, 1.165) is 25.7 Å². The van der Waals surface area contributed by atoms with Crippen molar-refractivity contribution in [2.75, 3.05) is 0 Å². The molecule has 0 spiro atoms. The summed E-state index contributed by atoms with van der Waals surface area (Å²) in [7, 11) is 0. The summed E-state index contributed by atoms with van der Waals surface area (Å²) in [5.41, 5.74) is 1.21. The van der Waals surface area contributed by atoms with E-state index in [0.29, 0.717) is 5.75 Å². The van der Waals surface area contributed by atoms with Crippen molar-refractivity contribution < 1.29 is 10.2 Å². The maximum Gasteiger partial charge on any atom is 0.115 e. The van der Waals surface area contributed by atoms with E-state index >= 15 is 0 Å². The maximum absolute atomic E-state index is 9.04. The monoisotopic (exact) mass is 236 g/mol. The first-order valence-corrected chi connectivity index (χ1v) is 6.68. The SMILES string of the molecule is CCCc1cccc(O)c1.OC1CCCCC1. The minimum absolute atomic E-state index is 0.0359. The van der Waals surface area contributed by atoms with Gasteiger partial charge in [0.15, 0.2) is 0 Å². The maximum atomic E-state index is 9.04. The summed E-state index contributed by atoms with van der Waals surface area (Å²) in [4.78, 5) is 0. The number of hydrogen-bond acceptors (Lipinski definition) is 2. The molecule has 2 rings (SSSR count). The fourth-order valence-electron chi connectivity index (χ4n) is 2.08. The minimum Gasteiger partial charge on any atom is -0.508 e. The number of aryl methyl sites for hydroxylation is 1. The number of aliphatic hydroxyl groups is 1. The molecule has 96 valence electrons. The Hall–Kier alpha value is -1.02. The van der Waals surface area contributed by atoms with Crippen LogP contribution in [-0.4, -0.2) is 16.3 Å². The Morgan fingerprint density at radius 1 is 1.18 bits per heavy atom. The summed E-state index contributed by atoms with van der Waals surface area (Å²) in [5, 5.41) is 17.9.